The van der Waals surface area contributed by atoms with Gasteiger partial charge in [0.25, 0.3) is 0 Å². The highest BCUT2D eigenvalue weighted by molar-refractivity contribution is 6.26. The SMILES string of the molecule is c1cc(-c2cccc3ccccc23)cc(-c2c3ccccc3c(-c3cccc(-c4cc5c(oc6ccc7ccccc7c65)c5ccccc45)c3)c3ccccc23)c1. The maximum absolute atomic E-state index is 6.65. The predicted octanol–water partition coefficient (Wildman–Crippen LogP) is 16.0. The van der Waals surface area contributed by atoms with Crippen molar-refractivity contribution in [2.45, 2.75) is 0 Å². The third kappa shape index (κ3) is 4.89. The quantitative estimate of drug-likeness (QED) is 0.165. The molecule has 1 aromatic heterocycles. The maximum Gasteiger partial charge on any atom is 0.143 e. The van der Waals surface area contributed by atoms with E-state index in [-0.39, 0.29) is 0 Å². The second-order valence-electron chi connectivity index (χ2n) is 15.1. The zero-order valence-corrected chi connectivity index (χ0v) is 31.0. The molecule has 0 bridgehead atoms. The number of fused-ring (bicyclic) bond motifs is 10. The molecule has 0 spiro atoms. The Hall–Kier alpha value is -7.48. The summed E-state index contributed by atoms with van der Waals surface area (Å²) in [4.78, 5) is 0. The zero-order chi connectivity index (χ0) is 37.5. The molecule has 0 amide bonds. The van der Waals surface area contributed by atoms with Crippen LogP contribution >= 0.6 is 0 Å². The first kappa shape index (κ1) is 31.8. The van der Waals surface area contributed by atoms with Crippen molar-refractivity contribution in [1.29, 1.82) is 0 Å². The minimum atomic E-state index is 0.917. The van der Waals surface area contributed by atoms with Crippen LogP contribution in [0.5, 0.6) is 0 Å². The maximum atomic E-state index is 6.65. The van der Waals surface area contributed by atoms with E-state index in [1.54, 1.807) is 0 Å². The number of benzene rings is 11. The fourth-order valence-corrected chi connectivity index (χ4v) is 9.52. The first-order valence-electron chi connectivity index (χ1n) is 19.7. The summed E-state index contributed by atoms with van der Waals surface area (Å²) >= 11 is 0. The molecule has 1 heteroatoms. The average Bonchev–Trinajstić information content (AvgIpc) is 3.67. The Bertz CT molecular complexity index is 3520. The average molecular weight is 723 g/mol. The molecule has 0 N–H and O–H groups in total. The van der Waals surface area contributed by atoms with Crippen molar-refractivity contribution in [2.75, 3.05) is 0 Å². The third-order valence-electron chi connectivity index (χ3n) is 12.0. The first-order chi connectivity index (χ1) is 28.3. The number of hydrogen-bond donors (Lipinski definition) is 0. The zero-order valence-electron chi connectivity index (χ0n) is 31.0. The Balaban J connectivity index is 1.09. The number of hydrogen-bond acceptors (Lipinski definition) is 1. The number of furan rings is 1. The lowest BCUT2D eigenvalue weighted by Gasteiger charge is -2.19. The van der Waals surface area contributed by atoms with E-state index in [9.17, 15) is 0 Å². The molecule has 0 aliphatic carbocycles. The highest BCUT2D eigenvalue weighted by Crippen LogP contribution is 2.47. The molecule has 0 aliphatic heterocycles. The number of rotatable bonds is 4. The normalized spacial score (nSPS) is 11.9. The van der Waals surface area contributed by atoms with Gasteiger partial charge in [0.1, 0.15) is 11.2 Å². The van der Waals surface area contributed by atoms with Crippen LogP contribution in [0.2, 0.25) is 0 Å². The summed E-state index contributed by atoms with van der Waals surface area (Å²) in [5.74, 6) is 0. The Morgan fingerprint density at radius 3 is 1.35 bits per heavy atom. The van der Waals surface area contributed by atoms with Gasteiger partial charge in [0.15, 0.2) is 0 Å². The van der Waals surface area contributed by atoms with Crippen LogP contribution in [0.4, 0.5) is 0 Å². The van der Waals surface area contributed by atoms with Crippen LogP contribution in [-0.2, 0) is 0 Å². The Labute approximate surface area is 329 Å². The van der Waals surface area contributed by atoms with Gasteiger partial charge in [-0.2, -0.15) is 0 Å². The lowest BCUT2D eigenvalue weighted by atomic mass is 9.84. The van der Waals surface area contributed by atoms with Crippen molar-refractivity contribution in [3.63, 3.8) is 0 Å². The Morgan fingerprint density at radius 2 is 0.719 bits per heavy atom. The van der Waals surface area contributed by atoms with Gasteiger partial charge >= 0.3 is 0 Å². The second kappa shape index (κ2) is 12.5. The van der Waals surface area contributed by atoms with E-state index in [4.69, 9.17) is 4.42 Å². The fourth-order valence-electron chi connectivity index (χ4n) is 9.52. The summed E-state index contributed by atoms with van der Waals surface area (Å²) in [6.07, 6.45) is 0. The van der Waals surface area contributed by atoms with E-state index < -0.39 is 0 Å². The van der Waals surface area contributed by atoms with Crippen molar-refractivity contribution in [3.8, 4) is 44.5 Å². The van der Waals surface area contributed by atoms with Crippen molar-refractivity contribution >= 4 is 75.8 Å². The van der Waals surface area contributed by atoms with Gasteiger partial charge in [0.05, 0.1) is 0 Å². The summed E-state index contributed by atoms with van der Waals surface area (Å²) in [5, 5.41) is 14.5. The molecular formula is C56H34O. The Morgan fingerprint density at radius 1 is 0.263 bits per heavy atom. The van der Waals surface area contributed by atoms with E-state index in [0.717, 1.165) is 21.9 Å². The van der Waals surface area contributed by atoms with Crippen LogP contribution in [0.1, 0.15) is 0 Å². The molecule has 12 rings (SSSR count). The smallest absolute Gasteiger partial charge is 0.143 e. The molecule has 0 radical (unpaired) electrons. The molecule has 264 valence electrons. The van der Waals surface area contributed by atoms with Gasteiger partial charge < -0.3 is 4.42 Å². The lowest BCUT2D eigenvalue weighted by Crippen LogP contribution is -1.92. The van der Waals surface area contributed by atoms with Gasteiger partial charge in [0.2, 0.25) is 0 Å². The van der Waals surface area contributed by atoms with Crippen molar-refractivity contribution < 1.29 is 4.42 Å². The molecule has 0 aliphatic rings. The van der Waals surface area contributed by atoms with E-state index >= 15 is 0 Å². The summed E-state index contributed by atoms with van der Waals surface area (Å²) < 4.78 is 6.65. The fraction of sp³-hybridized carbons (Fsp3) is 0. The van der Waals surface area contributed by atoms with Crippen molar-refractivity contribution in [2.24, 2.45) is 0 Å². The molecule has 1 nitrogen and oxygen atoms in total. The molecule has 0 fully saturated rings. The van der Waals surface area contributed by atoms with Crippen LogP contribution in [0.25, 0.3) is 120 Å². The minimum absolute atomic E-state index is 0.917. The van der Waals surface area contributed by atoms with Crippen molar-refractivity contribution in [3.05, 3.63) is 206 Å². The highest BCUT2D eigenvalue weighted by atomic mass is 16.3. The van der Waals surface area contributed by atoms with Crippen LogP contribution in [-0.4, -0.2) is 0 Å². The summed E-state index contributed by atoms with van der Waals surface area (Å²) in [6, 6.07) is 75.3. The molecule has 0 saturated heterocycles. The van der Waals surface area contributed by atoms with Crippen LogP contribution in [0, 0.1) is 0 Å². The first-order valence-corrected chi connectivity index (χ1v) is 19.7. The second-order valence-corrected chi connectivity index (χ2v) is 15.1. The molecule has 0 unspecified atom stereocenters. The molecule has 0 saturated carbocycles. The predicted molar refractivity (Wildman–Crippen MR) is 243 cm³/mol. The Kier molecular flexibility index (Phi) is 7.00. The van der Waals surface area contributed by atoms with Gasteiger partial charge in [0, 0.05) is 16.2 Å². The molecule has 1 heterocycles. The molecule has 0 atom stereocenters. The summed E-state index contributed by atoms with van der Waals surface area (Å²) in [5.41, 5.74) is 11.6. The molecular weight excluding hydrogens is 689 g/mol. The van der Waals surface area contributed by atoms with E-state index in [0.29, 0.717) is 0 Å². The topological polar surface area (TPSA) is 13.1 Å². The molecule has 11 aromatic carbocycles. The van der Waals surface area contributed by atoms with Gasteiger partial charge in [-0.1, -0.05) is 182 Å². The van der Waals surface area contributed by atoms with Gasteiger partial charge in [-0.05, 0) is 117 Å². The standard InChI is InChI=1S/C56H34O/c1-3-21-41-35(14-1)16-13-29-42(41)37-17-11-19-39(32-37)53-45-24-6-8-26-47(45)54(48-27-9-7-25-46(48)53)40-20-12-18-38(33-40)50-34-51-55-43-22-4-2-15-36(43)30-31-52(55)57-56(51)49-28-10-5-23-44(49)50/h1-34H. The minimum Gasteiger partial charge on any atom is -0.455 e. The van der Waals surface area contributed by atoms with E-state index in [2.05, 4.69) is 206 Å². The van der Waals surface area contributed by atoms with Gasteiger partial charge in [-0.15, -0.1) is 0 Å². The molecule has 57 heavy (non-hydrogen) atoms. The van der Waals surface area contributed by atoms with Crippen LogP contribution in [0.15, 0.2) is 211 Å². The van der Waals surface area contributed by atoms with Gasteiger partial charge in [-0.3, -0.25) is 0 Å². The van der Waals surface area contributed by atoms with Crippen molar-refractivity contribution in [1.82, 2.24) is 0 Å². The highest BCUT2D eigenvalue weighted by Gasteiger charge is 2.20. The third-order valence-corrected chi connectivity index (χ3v) is 12.0. The monoisotopic (exact) mass is 722 g/mol. The summed E-state index contributed by atoms with van der Waals surface area (Å²) in [7, 11) is 0. The lowest BCUT2D eigenvalue weighted by molar-refractivity contribution is 0.673. The summed E-state index contributed by atoms with van der Waals surface area (Å²) in [6.45, 7) is 0. The largest absolute Gasteiger partial charge is 0.455 e. The molecule has 12 aromatic rings. The van der Waals surface area contributed by atoms with Gasteiger partial charge in [-0.25, -0.2) is 0 Å². The van der Waals surface area contributed by atoms with Crippen LogP contribution < -0.4 is 0 Å². The van der Waals surface area contributed by atoms with E-state index in [1.807, 2.05) is 0 Å². The van der Waals surface area contributed by atoms with Crippen LogP contribution in [0.3, 0.4) is 0 Å². The van der Waals surface area contributed by atoms with E-state index in [1.165, 1.54) is 98.4 Å².